The Morgan fingerprint density at radius 1 is 1.24 bits per heavy atom. The predicted octanol–water partition coefficient (Wildman–Crippen LogP) is 2.66. The molecule has 4 heteroatoms. The largest absolute Gasteiger partial charge is 0.357 e. The van der Waals surface area contributed by atoms with Gasteiger partial charge < -0.3 is 4.90 Å². The van der Waals surface area contributed by atoms with Crippen LogP contribution in [-0.4, -0.2) is 27.7 Å². The van der Waals surface area contributed by atoms with Gasteiger partial charge in [0, 0.05) is 24.8 Å². The smallest absolute Gasteiger partial charge is 0.160 e. The molecule has 2 heterocycles. The number of aromatic nitrogens is 3. The highest BCUT2D eigenvalue weighted by atomic mass is 15.3. The van der Waals surface area contributed by atoms with Gasteiger partial charge in [0.25, 0.3) is 0 Å². The molecule has 0 amide bonds. The summed E-state index contributed by atoms with van der Waals surface area (Å²) < 4.78 is 1.83. The van der Waals surface area contributed by atoms with Crippen molar-refractivity contribution in [3.8, 4) is 0 Å². The van der Waals surface area contributed by atoms with Gasteiger partial charge in [0.1, 0.15) is 5.82 Å². The third kappa shape index (κ3) is 2.40. The van der Waals surface area contributed by atoms with Crippen molar-refractivity contribution in [3.05, 3.63) is 24.0 Å². The fraction of sp³-hybridized carbons (Fsp3) is 0.538. The molecule has 0 fully saturated rings. The minimum Gasteiger partial charge on any atom is -0.357 e. The third-order valence-corrected chi connectivity index (χ3v) is 2.84. The van der Waals surface area contributed by atoms with E-state index in [1.165, 1.54) is 0 Å². The van der Waals surface area contributed by atoms with E-state index < -0.39 is 0 Å². The average Bonchev–Trinajstić information content (AvgIpc) is 2.71. The predicted molar refractivity (Wildman–Crippen MR) is 70.5 cm³/mol. The second kappa shape index (κ2) is 5.17. The van der Waals surface area contributed by atoms with E-state index in [-0.39, 0.29) is 0 Å². The number of fused-ring (bicyclic) bond motifs is 1. The van der Waals surface area contributed by atoms with Crippen LogP contribution >= 0.6 is 0 Å². The second-order valence-corrected chi connectivity index (χ2v) is 4.37. The minimum atomic E-state index is 0.958. The zero-order valence-corrected chi connectivity index (χ0v) is 10.8. The van der Waals surface area contributed by atoms with E-state index in [9.17, 15) is 0 Å². The van der Waals surface area contributed by atoms with Crippen LogP contribution in [-0.2, 0) is 0 Å². The number of rotatable bonds is 5. The number of nitrogens with zero attached hydrogens (tertiary/aromatic N) is 4. The summed E-state index contributed by atoms with van der Waals surface area (Å²) >= 11 is 0. The number of hydrogen-bond donors (Lipinski definition) is 0. The molecule has 17 heavy (non-hydrogen) atoms. The first-order valence-electron chi connectivity index (χ1n) is 6.32. The molecule has 0 N–H and O–H groups in total. The molecule has 2 rings (SSSR count). The SMILES string of the molecule is CCCN(CCC)c1ccn2ncc(C)c2n1. The van der Waals surface area contributed by atoms with Crippen LogP contribution in [0.4, 0.5) is 5.82 Å². The monoisotopic (exact) mass is 232 g/mol. The molecule has 92 valence electrons. The second-order valence-electron chi connectivity index (χ2n) is 4.37. The molecule has 4 nitrogen and oxygen atoms in total. The first kappa shape index (κ1) is 11.9. The summed E-state index contributed by atoms with van der Waals surface area (Å²) in [4.78, 5) is 7.04. The van der Waals surface area contributed by atoms with Gasteiger partial charge in [0.15, 0.2) is 5.65 Å². The molecule has 0 bridgehead atoms. The Labute approximate surface area is 102 Å². The third-order valence-electron chi connectivity index (χ3n) is 2.84. The van der Waals surface area contributed by atoms with Crippen molar-refractivity contribution in [2.45, 2.75) is 33.6 Å². The molecule has 2 aromatic heterocycles. The molecule has 0 aliphatic carbocycles. The van der Waals surface area contributed by atoms with Gasteiger partial charge in [-0.2, -0.15) is 5.10 Å². The number of aryl methyl sites for hydroxylation is 1. The number of anilines is 1. The number of hydrogen-bond acceptors (Lipinski definition) is 3. The Kier molecular flexibility index (Phi) is 3.61. The normalized spacial score (nSPS) is 11.0. The molecule has 0 saturated heterocycles. The first-order valence-corrected chi connectivity index (χ1v) is 6.32. The Hall–Kier alpha value is -1.58. The Morgan fingerprint density at radius 3 is 2.59 bits per heavy atom. The molecule has 0 spiro atoms. The molecule has 0 saturated carbocycles. The molecule has 0 aliphatic heterocycles. The minimum absolute atomic E-state index is 0.958. The van der Waals surface area contributed by atoms with Gasteiger partial charge in [-0.05, 0) is 25.8 Å². The van der Waals surface area contributed by atoms with Gasteiger partial charge in [-0.1, -0.05) is 13.8 Å². The summed E-state index contributed by atoms with van der Waals surface area (Å²) in [6, 6.07) is 2.05. The zero-order valence-electron chi connectivity index (χ0n) is 10.8. The van der Waals surface area contributed by atoms with Crippen molar-refractivity contribution < 1.29 is 0 Å². The van der Waals surface area contributed by atoms with Crippen LogP contribution in [0.1, 0.15) is 32.3 Å². The first-order chi connectivity index (χ1) is 8.26. The fourth-order valence-corrected chi connectivity index (χ4v) is 2.03. The topological polar surface area (TPSA) is 33.4 Å². The average molecular weight is 232 g/mol. The Bertz CT molecular complexity index is 483. The molecule has 0 atom stereocenters. The standard InChI is InChI=1S/C13H20N4/c1-4-7-16(8-5-2)12-6-9-17-13(15-12)11(3)10-14-17/h6,9-10H,4-5,7-8H2,1-3H3. The van der Waals surface area contributed by atoms with E-state index in [0.29, 0.717) is 0 Å². The molecule has 0 aliphatic rings. The van der Waals surface area contributed by atoms with E-state index in [1.807, 2.05) is 29.9 Å². The molecule has 0 unspecified atom stereocenters. The molecule has 2 aromatic rings. The van der Waals surface area contributed by atoms with Crippen LogP contribution in [0.2, 0.25) is 0 Å². The fourth-order valence-electron chi connectivity index (χ4n) is 2.03. The van der Waals surface area contributed by atoms with E-state index in [4.69, 9.17) is 4.98 Å². The van der Waals surface area contributed by atoms with Gasteiger partial charge in [0.2, 0.25) is 0 Å². The van der Waals surface area contributed by atoms with Crippen molar-refractivity contribution in [3.63, 3.8) is 0 Å². The van der Waals surface area contributed by atoms with Gasteiger partial charge in [0.05, 0.1) is 6.20 Å². The Balaban J connectivity index is 2.35. The van der Waals surface area contributed by atoms with Crippen LogP contribution in [0.5, 0.6) is 0 Å². The summed E-state index contributed by atoms with van der Waals surface area (Å²) in [6.45, 7) is 8.56. The molecule has 0 aromatic carbocycles. The lowest BCUT2D eigenvalue weighted by molar-refractivity contribution is 0.732. The zero-order chi connectivity index (χ0) is 12.3. The van der Waals surface area contributed by atoms with Gasteiger partial charge in [-0.25, -0.2) is 9.50 Å². The lowest BCUT2D eigenvalue weighted by atomic mass is 10.3. The van der Waals surface area contributed by atoms with Crippen LogP contribution in [0.15, 0.2) is 18.5 Å². The summed E-state index contributed by atoms with van der Waals surface area (Å²) in [5.74, 6) is 1.06. The summed E-state index contributed by atoms with van der Waals surface area (Å²) in [5, 5.41) is 4.25. The Morgan fingerprint density at radius 2 is 1.94 bits per heavy atom. The van der Waals surface area contributed by atoms with E-state index in [2.05, 4.69) is 23.8 Å². The van der Waals surface area contributed by atoms with Crippen LogP contribution < -0.4 is 4.90 Å². The highest BCUT2D eigenvalue weighted by Crippen LogP contribution is 2.15. The van der Waals surface area contributed by atoms with E-state index >= 15 is 0 Å². The quantitative estimate of drug-likeness (QED) is 0.794. The van der Waals surface area contributed by atoms with Crippen molar-refractivity contribution >= 4 is 11.5 Å². The van der Waals surface area contributed by atoms with Gasteiger partial charge in [-0.3, -0.25) is 0 Å². The summed E-state index contributed by atoms with van der Waals surface area (Å²) in [7, 11) is 0. The molecular weight excluding hydrogens is 212 g/mol. The molecule has 0 radical (unpaired) electrons. The summed E-state index contributed by atoms with van der Waals surface area (Å²) in [5.41, 5.74) is 2.08. The highest BCUT2D eigenvalue weighted by molar-refractivity contribution is 5.52. The van der Waals surface area contributed by atoms with Crippen molar-refractivity contribution in [1.82, 2.24) is 14.6 Å². The maximum atomic E-state index is 4.70. The maximum Gasteiger partial charge on any atom is 0.160 e. The van der Waals surface area contributed by atoms with Crippen molar-refractivity contribution in [2.24, 2.45) is 0 Å². The van der Waals surface area contributed by atoms with Crippen LogP contribution in [0.3, 0.4) is 0 Å². The van der Waals surface area contributed by atoms with E-state index in [1.54, 1.807) is 0 Å². The van der Waals surface area contributed by atoms with E-state index in [0.717, 1.165) is 43.0 Å². The lowest BCUT2D eigenvalue weighted by Gasteiger charge is -2.22. The van der Waals surface area contributed by atoms with Crippen LogP contribution in [0.25, 0.3) is 5.65 Å². The van der Waals surface area contributed by atoms with Gasteiger partial charge in [-0.15, -0.1) is 0 Å². The lowest BCUT2D eigenvalue weighted by Crippen LogP contribution is -2.26. The highest BCUT2D eigenvalue weighted by Gasteiger charge is 2.08. The molecular formula is C13H20N4. The van der Waals surface area contributed by atoms with Gasteiger partial charge >= 0.3 is 0 Å². The summed E-state index contributed by atoms with van der Waals surface area (Å²) in [6.07, 6.45) is 6.13. The van der Waals surface area contributed by atoms with Crippen LogP contribution in [0, 0.1) is 6.92 Å². The van der Waals surface area contributed by atoms with Crippen molar-refractivity contribution in [1.29, 1.82) is 0 Å². The maximum absolute atomic E-state index is 4.70. The van der Waals surface area contributed by atoms with Crippen molar-refractivity contribution in [2.75, 3.05) is 18.0 Å².